The van der Waals surface area contributed by atoms with Crippen LogP contribution < -0.4 is 4.74 Å². The Morgan fingerprint density at radius 3 is 1.93 bits per heavy atom. The molecule has 2 unspecified atom stereocenters. The second-order valence-corrected chi connectivity index (χ2v) is 7.39. The monoisotopic (exact) mass is 407 g/mol. The Hall–Kier alpha value is -4.07. The minimum absolute atomic E-state index is 0.000798. The SMILES string of the molecule is O=C(Oc1ccc(-n2c(O)c3c(c2O)C2C=CC3C2)cc1)c1cc(O)c(O)c(O)c1. The average Bonchev–Trinajstić information content (AvgIpc) is 3.40. The highest BCUT2D eigenvalue weighted by molar-refractivity contribution is 5.92. The Kier molecular flexibility index (Phi) is 3.73. The van der Waals surface area contributed by atoms with E-state index in [4.69, 9.17) is 4.74 Å². The smallest absolute Gasteiger partial charge is 0.343 e. The van der Waals surface area contributed by atoms with Crippen LogP contribution in [0.4, 0.5) is 0 Å². The lowest BCUT2D eigenvalue weighted by Crippen LogP contribution is -2.08. The molecule has 2 bridgehead atoms. The van der Waals surface area contributed by atoms with E-state index < -0.39 is 23.2 Å². The van der Waals surface area contributed by atoms with E-state index in [1.165, 1.54) is 16.7 Å². The van der Waals surface area contributed by atoms with E-state index in [0.29, 0.717) is 5.69 Å². The first-order chi connectivity index (χ1) is 14.3. The molecule has 0 saturated heterocycles. The van der Waals surface area contributed by atoms with Crippen LogP contribution in [0.15, 0.2) is 48.6 Å². The first-order valence-corrected chi connectivity index (χ1v) is 9.27. The molecule has 5 N–H and O–H groups in total. The number of phenolic OH excluding ortho intramolecular Hbond substituents is 3. The molecule has 2 aliphatic carbocycles. The molecule has 0 aliphatic heterocycles. The van der Waals surface area contributed by atoms with Gasteiger partial charge in [-0.15, -0.1) is 0 Å². The Morgan fingerprint density at radius 2 is 1.40 bits per heavy atom. The number of allylic oxidation sites excluding steroid dienone is 2. The molecule has 0 amide bonds. The van der Waals surface area contributed by atoms with Crippen molar-refractivity contribution in [1.82, 2.24) is 4.57 Å². The first kappa shape index (κ1) is 18.0. The van der Waals surface area contributed by atoms with E-state index in [0.717, 1.165) is 29.7 Å². The van der Waals surface area contributed by atoms with Gasteiger partial charge in [-0.1, -0.05) is 12.2 Å². The molecule has 2 aromatic carbocycles. The van der Waals surface area contributed by atoms with Crippen molar-refractivity contribution in [1.29, 1.82) is 0 Å². The number of rotatable bonds is 3. The van der Waals surface area contributed by atoms with Gasteiger partial charge < -0.3 is 30.3 Å². The van der Waals surface area contributed by atoms with Crippen LogP contribution in [-0.2, 0) is 0 Å². The molecule has 5 rings (SSSR count). The molecule has 0 fully saturated rings. The van der Waals surface area contributed by atoms with Gasteiger partial charge in [-0.05, 0) is 42.8 Å². The third-order valence-electron chi connectivity index (χ3n) is 5.63. The lowest BCUT2D eigenvalue weighted by molar-refractivity contribution is 0.0733. The molecule has 2 aliphatic rings. The number of phenols is 3. The van der Waals surface area contributed by atoms with Crippen LogP contribution in [0.25, 0.3) is 5.69 Å². The summed E-state index contributed by atoms with van der Waals surface area (Å²) in [6, 6.07) is 8.10. The van der Waals surface area contributed by atoms with Crippen molar-refractivity contribution >= 4 is 5.97 Å². The number of carbonyl (C=O) groups excluding carboxylic acids is 1. The van der Waals surface area contributed by atoms with E-state index in [1.807, 2.05) is 12.2 Å². The molecular formula is C22H17NO7. The van der Waals surface area contributed by atoms with Crippen LogP contribution in [-0.4, -0.2) is 36.1 Å². The van der Waals surface area contributed by atoms with Crippen molar-refractivity contribution in [3.05, 3.63) is 65.2 Å². The Labute approximate surface area is 170 Å². The van der Waals surface area contributed by atoms with Crippen molar-refractivity contribution in [2.45, 2.75) is 18.3 Å². The van der Waals surface area contributed by atoms with Crippen LogP contribution in [0, 0.1) is 0 Å². The second-order valence-electron chi connectivity index (χ2n) is 7.39. The average molecular weight is 407 g/mol. The molecule has 0 saturated carbocycles. The maximum absolute atomic E-state index is 12.2. The highest BCUT2D eigenvalue weighted by atomic mass is 16.5. The normalized spacial score (nSPS) is 18.5. The summed E-state index contributed by atoms with van der Waals surface area (Å²) >= 11 is 0. The van der Waals surface area contributed by atoms with Crippen molar-refractivity contribution < 1.29 is 35.1 Å². The third kappa shape index (κ3) is 2.50. The van der Waals surface area contributed by atoms with E-state index in [9.17, 15) is 30.3 Å². The van der Waals surface area contributed by atoms with E-state index in [1.54, 1.807) is 12.1 Å². The van der Waals surface area contributed by atoms with Gasteiger partial charge in [-0.3, -0.25) is 4.57 Å². The zero-order valence-corrected chi connectivity index (χ0v) is 15.5. The summed E-state index contributed by atoms with van der Waals surface area (Å²) in [6.07, 6.45) is 4.94. The number of fused-ring (bicyclic) bond motifs is 5. The number of aromatic hydroxyl groups is 5. The van der Waals surface area contributed by atoms with Crippen LogP contribution in [0.5, 0.6) is 34.8 Å². The third-order valence-corrected chi connectivity index (χ3v) is 5.63. The number of ether oxygens (including phenoxy) is 1. The number of benzene rings is 2. The van der Waals surface area contributed by atoms with Gasteiger partial charge >= 0.3 is 5.97 Å². The maximum Gasteiger partial charge on any atom is 0.343 e. The van der Waals surface area contributed by atoms with Crippen LogP contribution in [0.2, 0.25) is 0 Å². The Bertz CT molecular complexity index is 1160. The number of carbonyl (C=O) groups is 1. The largest absolute Gasteiger partial charge is 0.504 e. The minimum atomic E-state index is -0.846. The Balaban J connectivity index is 1.41. The van der Waals surface area contributed by atoms with Crippen molar-refractivity contribution in [2.75, 3.05) is 0 Å². The molecular weight excluding hydrogens is 390 g/mol. The van der Waals surface area contributed by atoms with Crippen LogP contribution >= 0.6 is 0 Å². The van der Waals surface area contributed by atoms with E-state index in [-0.39, 0.29) is 34.9 Å². The highest BCUT2D eigenvalue weighted by Crippen LogP contribution is 2.57. The molecule has 8 heteroatoms. The fraction of sp³-hybridized carbons (Fsp3) is 0.136. The maximum atomic E-state index is 12.2. The summed E-state index contributed by atoms with van der Waals surface area (Å²) in [6.45, 7) is 0. The minimum Gasteiger partial charge on any atom is -0.504 e. The summed E-state index contributed by atoms with van der Waals surface area (Å²) in [5.74, 6) is -2.47. The van der Waals surface area contributed by atoms with E-state index in [2.05, 4.69) is 0 Å². The van der Waals surface area contributed by atoms with Gasteiger partial charge in [-0.25, -0.2) is 4.79 Å². The Morgan fingerprint density at radius 1 is 0.867 bits per heavy atom. The fourth-order valence-electron chi connectivity index (χ4n) is 4.24. The topological polar surface area (TPSA) is 132 Å². The summed E-state index contributed by atoms with van der Waals surface area (Å²) in [5.41, 5.74) is 1.86. The zero-order valence-electron chi connectivity index (χ0n) is 15.5. The van der Waals surface area contributed by atoms with Gasteiger partial charge in [0, 0.05) is 23.0 Å². The van der Waals surface area contributed by atoms with Crippen molar-refractivity contribution in [2.24, 2.45) is 0 Å². The number of hydrogen-bond acceptors (Lipinski definition) is 7. The van der Waals surface area contributed by atoms with Gasteiger partial charge in [0.05, 0.1) is 11.3 Å². The van der Waals surface area contributed by atoms with Gasteiger partial charge in [-0.2, -0.15) is 0 Å². The molecule has 152 valence electrons. The summed E-state index contributed by atoms with van der Waals surface area (Å²) in [7, 11) is 0. The lowest BCUT2D eigenvalue weighted by atomic mass is 10.0. The van der Waals surface area contributed by atoms with Crippen molar-refractivity contribution in [3.63, 3.8) is 0 Å². The van der Waals surface area contributed by atoms with Gasteiger partial charge in [0.25, 0.3) is 0 Å². The molecule has 2 atom stereocenters. The lowest BCUT2D eigenvalue weighted by Gasteiger charge is -2.11. The predicted octanol–water partition coefficient (Wildman–Crippen LogP) is 3.37. The molecule has 0 spiro atoms. The first-order valence-electron chi connectivity index (χ1n) is 9.27. The van der Waals surface area contributed by atoms with Crippen LogP contribution in [0.3, 0.4) is 0 Å². The summed E-state index contributed by atoms with van der Waals surface area (Å²) in [5, 5.41) is 49.7. The number of nitrogens with zero attached hydrogens (tertiary/aromatic N) is 1. The van der Waals surface area contributed by atoms with Gasteiger partial charge in [0.1, 0.15) is 5.75 Å². The molecule has 3 aromatic rings. The van der Waals surface area contributed by atoms with Gasteiger partial charge in [0.15, 0.2) is 17.2 Å². The molecule has 30 heavy (non-hydrogen) atoms. The number of aromatic nitrogens is 1. The summed E-state index contributed by atoms with van der Waals surface area (Å²) < 4.78 is 6.58. The quantitative estimate of drug-likeness (QED) is 0.195. The van der Waals surface area contributed by atoms with Crippen molar-refractivity contribution in [3.8, 4) is 40.4 Å². The molecule has 1 aromatic heterocycles. The standard InChI is InChI=1S/C22H17NO7/c24-15-8-12(9-16(25)19(15)26)22(29)30-14-5-3-13(4-6-14)23-20(27)17-10-1-2-11(7-10)18(17)21(23)28/h1-6,8-11,24-28H,7H2. The number of esters is 1. The zero-order chi connectivity index (χ0) is 21.2. The molecule has 1 heterocycles. The predicted molar refractivity (Wildman–Crippen MR) is 105 cm³/mol. The summed E-state index contributed by atoms with van der Waals surface area (Å²) in [4.78, 5) is 12.2. The van der Waals surface area contributed by atoms with Crippen LogP contribution in [0.1, 0.15) is 39.7 Å². The molecule has 0 radical (unpaired) electrons. The molecule has 8 nitrogen and oxygen atoms in total. The van der Waals surface area contributed by atoms with E-state index >= 15 is 0 Å². The van der Waals surface area contributed by atoms with Gasteiger partial charge in [0.2, 0.25) is 11.8 Å². The highest BCUT2D eigenvalue weighted by Gasteiger charge is 2.41. The second kappa shape index (κ2) is 6.21. The fourth-order valence-corrected chi connectivity index (χ4v) is 4.24. The number of hydrogen-bond donors (Lipinski definition) is 5.